The Morgan fingerprint density at radius 2 is 1.90 bits per heavy atom. The van der Waals surface area contributed by atoms with Gasteiger partial charge in [-0.2, -0.15) is 0 Å². The normalized spacial score (nSPS) is 13.7. The SMILES string of the molecule is COc1ccc(C(C)N[C@@H](CO)c2ccccc2)c(F)c1. The van der Waals surface area contributed by atoms with Crippen molar-refractivity contribution in [1.29, 1.82) is 0 Å². The smallest absolute Gasteiger partial charge is 0.131 e. The maximum Gasteiger partial charge on any atom is 0.131 e. The topological polar surface area (TPSA) is 41.5 Å². The lowest BCUT2D eigenvalue weighted by molar-refractivity contribution is 0.234. The van der Waals surface area contributed by atoms with Gasteiger partial charge in [0, 0.05) is 17.7 Å². The molecule has 0 amide bonds. The summed E-state index contributed by atoms with van der Waals surface area (Å²) >= 11 is 0. The molecule has 2 rings (SSSR count). The van der Waals surface area contributed by atoms with E-state index in [-0.39, 0.29) is 24.5 Å². The second kappa shape index (κ2) is 7.20. The van der Waals surface area contributed by atoms with Crippen molar-refractivity contribution in [3.8, 4) is 5.75 Å². The van der Waals surface area contributed by atoms with Crippen molar-refractivity contribution in [2.75, 3.05) is 13.7 Å². The fourth-order valence-electron chi connectivity index (χ4n) is 2.32. The number of ether oxygens (including phenoxy) is 1. The molecule has 1 unspecified atom stereocenters. The van der Waals surface area contributed by atoms with Crippen molar-refractivity contribution >= 4 is 0 Å². The Morgan fingerprint density at radius 1 is 1.19 bits per heavy atom. The van der Waals surface area contributed by atoms with Crippen LogP contribution >= 0.6 is 0 Å². The predicted molar refractivity (Wildman–Crippen MR) is 80.8 cm³/mol. The van der Waals surface area contributed by atoms with Gasteiger partial charge in [-0.3, -0.25) is 0 Å². The maximum absolute atomic E-state index is 14.1. The highest BCUT2D eigenvalue weighted by Crippen LogP contribution is 2.24. The van der Waals surface area contributed by atoms with Gasteiger partial charge in [-0.25, -0.2) is 4.39 Å². The molecule has 2 aromatic carbocycles. The van der Waals surface area contributed by atoms with Gasteiger partial charge in [0.2, 0.25) is 0 Å². The van der Waals surface area contributed by atoms with E-state index in [1.54, 1.807) is 12.1 Å². The van der Waals surface area contributed by atoms with Gasteiger partial charge in [-0.15, -0.1) is 0 Å². The fraction of sp³-hybridized carbons (Fsp3) is 0.294. The molecule has 0 aliphatic carbocycles. The first-order chi connectivity index (χ1) is 10.2. The molecule has 0 heterocycles. The number of hydrogen-bond donors (Lipinski definition) is 2. The summed E-state index contributed by atoms with van der Waals surface area (Å²) in [6.07, 6.45) is 0. The number of rotatable bonds is 6. The van der Waals surface area contributed by atoms with Crippen LogP contribution in [0.3, 0.4) is 0 Å². The molecule has 2 aromatic rings. The van der Waals surface area contributed by atoms with Crippen molar-refractivity contribution in [1.82, 2.24) is 5.32 Å². The standard InChI is InChI=1S/C17H20FNO2/c1-12(15-9-8-14(21-2)10-16(15)18)19-17(11-20)13-6-4-3-5-7-13/h3-10,12,17,19-20H,11H2,1-2H3/t12?,17-/m0/s1. The Bertz CT molecular complexity index is 574. The zero-order valence-electron chi connectivity index (χ0n) is 12.2. The van der Waals surface area contributed by atoms with Crippen molar-refractivity contribution < 1.29 is 14.2 Å². The Kier molecular flexibility index (Phi) is 5.31. The van der Waals surface area contributed by atoms with Gasteiger partial charge in [0.15, 0.2) is 0 Å². The van der Waals surface area contributed by atoms with Gasteiger partial charge in [0.05, 0.1) is 19.8 Å². The van der Waals surface area contributed by atoms with Gasteiger partial charge in [0.25, 0.3) is 0 Å². The summed E-state index contributed by atoms with van der Waals surface area (Å²) < 4.78 is 19.1. The Morgan fingerprint density at radius 3 is 2.48 bits per heavy atom. The van der Waals surface area contributed by atoms with Crippen molar-refractivity contribution in [2.45, 2.75) is 19.0 Å². The van der Waals surface area contributed by atoms with Gasteiger partial charge in [-0.05, 0) is 18.6 Å². The van der Waals surface area contributed by atoms with E-state index in [0.717, 1.165) is 5.56 Å². The molecule has 0 saturated carbocycles. The van der Waals surface area contributed by atoms with E-state index >= 15 is 0 Å². The number of hydrogen-bond acceptors (Lipinski definition) is 3. The summed E-state index contributed by atoms with van der Waals surface area (Å²) in [5, 5.41) is 12.8. The fourth-order valence-corrected chi connectivity index (χ4v) is 2.32. The van der Waals surface area contributed by atoms with Crippen LogP contribution in [-0.4, -0.2) is 18.8 Å². The van der Waals surface area contributed by atoms with Crippen molar-refractivity contribution in [2.24, 2.45) is 0 Å². The molecule has 4 heteroatoms. The molecule has 112 valence electrons. The maximum atomic E-state index is 14.1. The van der Waals surface area contributed by atoms with Gasteiger partial charge < -0.3 is 15.2 Å². The second-order valence-electron chi connectivity index (χ2n) is 4.92. The summed E-state index contributed by atoms with van der Waals surface area (Å²) in [6, 6.07) is 14.0. The molecule has 21 heavy (non-hydrogen) atoms. The average Bonchev–Trinajstić information content (AvgIpc) is 2.53. The minimum atomic E-state index is -0.320. The van der Waals surface area contributed by atoms with E-state index in [0.29, 0.717) is 11.3 Å². The van der Waals surface area contributed by atoms with E-state index in [1.807, 2.05) is 37.3 Å². The second-order valence-corrected chi connectivity index (χ2v) is 4.92. The Labute approximate surface area is 124 Å². The molecule has 0 bridgehead atoms. The monoisotopic (exact) mass is 289 g/mol. The summed E-state index contributed by atoms with van der Waals surface area (Å²) in [5.41, 5.74) is 1.52. The van der Waals surface area contributed by atoms with Crippen LogP contribution in [0.25, 0.3) is 0 Å². The number of methoxy groups -OCH3 is 1. The van der Waals surface area contributed by atoms with Gasteiger partial charge in [0.1, 0.15) is 11.6 Å². The lowest BCUT2D eigenvalue weighted by atomic mass is 10.0. The molecule has 2 atom stereocenters. The van der Waals surface area contributed by atoms with Crippen LogP contribution in [-0.2, 0) is 0 Å². The van der Waals surface area contributed by atoms with Crippen molar-refractivity contribution in [3.63, 3.8) is 0 Å². The Balaban J connectivity index is 2.14. The Hall–Kier alpha value is -1.91. The minimum Gasteiger partial charge on any atom is -0.497 e. The lowest BCUT2D eigenvalue weighted by Crippen LogP contribution is -2.27. The van der Waals surface area contributed by atoms with Crippen LogP contribution in [0.5, 0.6) is 5.75 Å². The summed E-state index contributed by atoms with van der Waals surface area (Å²) in [6.45, 7) is 1.82. The molecular weight excluding hydrogens is 269 g/mol. The van der Waals surface area contributed by atoms with Crippen LogP contribution in [0.15, 0.2) is 48.5 Å². The van der Waals surface area contributed by atoms with Gasteiger partial charge >= 0.3 is 0 Å². The van der Waals surface area contributed by atoms with Gasteiger partial charge in [-0.1, -0.05) is 36.4 Å². The quantitative estimate of drug-likeness (QED) is 0.858. The molecule has 0 fully saturated rings. The van der Waals surface area contributed by atoms with E-state index in [9.17, 15) is 9.50 Å². The molecule has 0 aliphatic rings. The molecule has 0 aliphatic heterocycles. The zero-order valence-corrected chi connectivity index (χ0v) is 12.2. The lowest BCUT2D eigenvalue weighted by Gasteiger charge is -2.23. The molecule has 0 spiro atoms. The molecule has 3 nitrogen and oxygen atoms in total. The summed E-state index contributed by atoms with van der Waals surface area (Å²) in [5.74, 6) is 0.171. The molecule has 2 N–H and O–H groups in total. The van der Waals surface area contributed by atoms with E-state index in [1.165, 1.54) is 13.2 Å². The highest BCUT2D eigenvalue weighted by Gasteiger charge is 2.17. The largest absolute Gasteiger partial charge is 0.497 e. The molecule has 0 saturated heterocycles. The molecule has 0 radical (unpaired) electrons. The number of benzene rings is 2. The van der Waals surface area contributed by atoms with E-state index in [4.69, 9.17) is 4.74 Å². The summed E-state index contributed by atoms with van der Waals surface area (Å²) in [7, 11) is 1.51. The van der Waals surface area contributed by atoms with Crippen LogP contribution in [0.1, 0.15) is 30.1 Å². The van der Waals surface area contributed by atoms with Crippen molar-refractivity contribution in [3.05, 3.63) is 65.5 Å². The van der Waals surface area contributed by atoms with Crippen LogP contribution in [0, 0.1) is 5.82 Å². The third-order valence-corrected chi connectivity index (χ3v) is 3.51. The van der Waals surface area contributed by atoms with E-state index < -0.39 is 0 Å². The van der Waals surface area contributed by atoms with Crippen LogP contribution in [0.4, 0.5) is 4.39 Å². The number of nitrogens with one attached hydrogen (secondary N) is 1. The summed E-state index contributed by atoms with van der Waals surface area (Å²) in [4.78, 5) is 0. The highest BCUT2D eigenvalue weighted by molar-refractivity contribution is 5.31. The van der Waals surface area contributed by atoms with Crippen LogP contribution in [0.2, 0.25) is 0 Å². The minimum absolute atomic E-state index is 0.0495. The van der Waals surface area contributed by atoms with E-state index in [2.05, 4.69) is 5.32 Å². The first-order valence-corrected chi connectivity index (χ1v) is 6.91. The first-order valence-electron chi connectivity index (χ1n) is 6.91. The highest BCUT2D eigenvalue weighted by atomic mass is 19.1. The van der Waals surface area contributed by atoms with Crippen LogP contribution < -0.4 is 10.1 Å². The average molecular weight is 289 g/mol. The predicted octanol–water partition coefficient (Wildman–Crippen LogP) is 3.22. The third-order valence-electron chi connectivity index (χ3n) is 3.51. The molecule has 0 aromatic heterocycles. The first kappa shape index (κ1) is 15.5. The molecular formula is C17H20FNO2. The zero-order chi connectivity index (χ0) is 15.2. The number of aliphatic hydroxyl groups excluding tert-OH is 1. The number of aliphatic hydroxyl groups is 1. The number of halogens is 1. The third kappa shape index (κ3) is 3.80.